The molecule has 0 saturated carbocycles. The lowest BCUT2D eigenvalue weighted by molar-refractivity contribution is -0.00450. The Morgan fingerprint density at radius 2 is 1.06 bits per heavy atom. The maximum absolute atomic E-state index is 6.17. The van der Waals surface area contributed by atoms with E-state index in [1.807, 2.05) is 41.5 Å². The molecule has 3 nitrogen and oxygen atoms in total. The molecule has 0 saturated heterocycles. The average Bonchev–Trinajstić information content (AvgIpc) is 2.14. The first kappa shape index (κ1) is 18.1. The van der Waals surface area contributed by atoms with Crippen molar-refractivity contribution in [1.29, 1.82) is 0 Å². The Bertz CT molecular complexity index is 191. The zero-order chi connectivity index (χ0) is 14.3. The maximum atomic E-state index is 6.17. The van der Waals surface area contributed by atoms with E-state index >= 15 is 0 Å². The van der Waals surface area contributed by atoms with Crippen LogP contribution in [-0.2, 0) is 13.3 Å². The first-order valence-corrected chi connectivity index (χ1v) is 9.07. The third-order valence-electron chi connectivity index (χ3n) is 2.53. The van der Waals surface area contributed by atoms with Crippen molar-refractivity contribution in [2.45, 2.75) is 92.1 Å². The Labute approximate surface area is 115 Å². The lowest BCUT2D eigenvalue weighted by Gasteiger charge is -2.38. The second kappa shape index (κ2) is 8.30. The van der Waals surface area contributed by atoms with Crippen LogP contribution in [-0.4, -0.2) is 27.1 Å². The molecule has 1 atom stereocenters. The Morgan fingerprint density at radius 1 is 0.722 bits per heavy atom. The van der Waals surface area contributed by atoms with Gasteiger partial charge in [-0.1, -0.05) is 20.3 Å². The van der Waals surface area contributed by atoms with Gasteiger partial charge in [-0.2, -0.15) is 0 Å². The summed E-state index contributed by atoms with van der Waals surface area (Å²) in [6.07, 6.45) is 2.61. The fourth-order valence-electron chi connectivity index (χ4n) is 2.03. The summed E-state index contributed by atoms with van der Waals surface area (Å²) in [4.78, 5) is 0. The van der Waals surface area contributed by atoms with Gasteiger partial charge in [-0.3, -0.25) is 0 Å². The summed E-state index contributed by atoms with van der Waals surface area (Å²) < 4.78 is 18.5. The van der Waals surface area contributed by atoms with Crippen LogP contribution in [0.15, 0.2) is 0 Å². The van der Waals surface area contributed by atoms with Crippen LogP contribution >= 0.6 is 0 Å². The highest BCUT2D eigenvalue weighted by Gasteiger charge is 2.49. The van der Waals surface area contributed by atoms with Gasteiger partial charge in [0.2, 0.25) is 0 Å². The SMILES string of the molecule is CCCC(C)[Si](OC(C)C)(OC(C)C)OC(C)C. The molecule has 0 fully saturated rings. The smallest absolute Gasteiger partial charge is 0.371 e. The molecule has 0 bridgehead atoms. The molecule has 0 amide bonds. The first-order valence-electron chi connectivity index (χ1n) is 7.26. The van der Waals surface area contributed by atoms with Gasteiger partial charge in [-0.05, 0) is 48.0 Å². The molecule has 1 unspecified atom stereocenters. The van der Waals surface area contributed by atoms with E-state index in [0.29, 0.717) is 5.54 Å². The largest absolute Gasteiger partial charge is 0.504 e. The standard InChI is InChI=1S/C14H32O3Si/c1-9-10-14(8)18(15-11(2)3,16-12(4)5)17-13(6)7/h11-14H,9-10H2,1-8H3. The van der Waals surface area contributed by atoms with Gasteiger partial charge in [-0.25, -0.2) is 0 Å². The molecule has 0 heterocycles. The molecular formula is C14H32O3Si. The molecule has 0 aromatic carbocycles. The van der Waals surface area contributed by atoms with E-state index in [-0.39, 0.29) is 18.3 Å². The van der Waals surface area contributed by atoms with Crippen LogP contribution in [0.2, 0.25) is 5.54 Å². The fraction of sp³-hybridized carbons (Fsp3) is 1.00. The predicted molar refractivity (Wildman–Crippen MR) is 78.7 cm³/mol. The Hall–Kier alpha value is 0.0969. The zero-order valence-corrected chi connectivity index (χ0v) is 14.4. The summed E-state index contributed by atoms with van der Waals surface area (Å²) in [6.45, 7) is 16.7. The van der Waals surface area contributed by atoms with E-state index in [1.165, 1.54) is 0 Å². The highest BCUT2D eigenvalue weighted by atomic mass is 28.4. The van der Waals surface area contributed by atoms with E-state index in [0.717, 1.165) is 12.8 Å². The van der Waals surface area contributed by atoms with E-state index in [1.54, 1.807) is 0 Å². The van der Waals surface area contributed by atoms with Crippen molar-refractivity contribution in [3.05, 3.63) is 0 Å². The van der Waals surface area contributed by atoms with Gasteiger partial charge in [-0.15, -0.1) is 0 Å². The third kappa shape index (κ3) is 6.32. The van der Waals surface area contributed by atoms with E-state index < -0.39 is 8.80 Å². The molecular weight excluding hydrogens is 244 g/mol. The van der Waals surface area contributed by atoms with E-state index in [9.17, 15) is 0 Å². The molecule has 0 aromatic heterocycles. The summed E-state index contributed by atoms with van der Waals surface area (Å²) >= 11 is 0. The quantitative estimate of drug-likeness (QED) is 0.585. The Morgan fingerprint density at radius 3 is 1.28 bits per heavy atom. The predicted octanol–water partition coefficient (Wildman–Crippen LogP) is 4.39. The van der Waals surface area contributed by atoms with Crippen molar-refractivity contribution < 1.29 is 13.3 Å². The second-order valence-corrected chi connectivity index (χ2v) is 8.69. The highest BCUT2D eigenvalue weighted by molar-refractivity contribution is 6.62. The lowest BCUT2D eigenvalue weighted by atomic mass is 10.3. The van der Waals surface area contributed by atoms with Crippen LogP contribution in [0.5, 0.6) is 0 Å². The van der Waals surface area contributed by atoms with Crippen LogP contribution in [0, 0.1) is 0 Å². The summed E-state index contributed by atoms with van der Waals surface area (Å²) in [7, 11) is -2.61. The first-order chi connectivity index (χ1) is 8.23. The zero-order valence-electron chi connectivity index (χ0n) is 13.4. The van der Waals surface area contributed by atoms with Crippen LogP contribution in [0.25, 0.3) is 0 Å². The summed E-state index contributed by atoms with van der Waals surface area (Å²) in [6, 6.07) is 0. The molecule has 0 rings (SSSR count). The van der Waals surface area contributed by atoms with E-state index in [2.05, 4.69) is 13.8 Å². The van der Waals surface area contributed by atoms with Crippen molar-refractivity contribution in [1.82, 2.24) is 0 Å². The normalized spacial score (nSPS) is 14.8. The maximum Gasteiger partial charge on any atom is 0.504 e. The van der Waals surface area contributed by atoms with Crippen LogP contribution in [0.1, 0.15) is 68.2 Å². The van der Waals surface area contributed by atoms with Crippen LogP contribution in [0.4, 0.5) is 0 Å². The van der Waals surface area contributed by atoms with Crippen molar-refractivity contribution in [2.24, 2.45) is 0 Å². The molecule has 4 heteroatoms. The summed E-state index contributed by atoms with van der Waals surface area (Å²) in [5.74, 6) is 0. The fourth-order valence-corrected chi connectivity index (χ4v) is 5.50. The summed E-state index contributed by atoms with van der Waals surface area (Å²) in [5, 5.41) is 0. The van der Waals surface area contributed by atoms with Crippen molar-refractivity contribution in [2.75, 3.05) is 0 Å². The molecule has 0 N–H and O–H groups in total. The van der Waals surface area contributed by atoms with Gasteiger partial charge >= 0.3 is 8.80 Å². The summed E-state index contributed by atoms with van der Waals surface area (Å²) in [5.41, 5.74) is 0.342. The molecule has 0 aromatic rings. The van der Waals surface area contributed by atoms with Crippen molar-refractivity contribution in [3.63, 3.8) is 0 Å². The number of hydrogen-bond acceptors (Lipinski definition) is 3. The van der Waals surface area contributed by atoms with Gasteiger partial charge in [0.25, 0.3) is 0 Å². The molecule has 18 heavy (non-hydrogen) atoms. The van der Waals surface area contributed by atoms with Crippen molar-refractivity contribution in [3.8, 4) is 0 Å². The average molecular weight is 276 g/mol. The molecule has 0 spiro atoms. The molecule has 0 aliphatic rings. The molecule has 0 aliphatic heterocycles. The van der Waals surface area contributed by atoms with Gasteiger partial charge in [0.05, 0.1) is 0 Å². The van der Waals surface area contributed by atoms with Crippen LogP contribution in [0.3, 0.4) is 0 Å². The monoisotopic (exact) mass is 276 g/mol. The second-order valence-electron chi connectivity index (χ2n) is 5.79. The molecule has 0 aliphatic carbocycles. The Kier molecular flexibility index (Phi) is 8.35. The molecule has 0 radical (unpaired) electrons. The van der Waals surface area contributed by atoms with Gasteiger partial charge in [0.1, 0.15) is 0 Å². The number of rotatable bonds is 9. The van der Waals surface area contributed by atoms with Gasteiger partial charge in [0.15, 0.2) is 0 Å². The van der Waals surface area contributed by atoms with E-state index in [4.69, 9.17) is 13.3 Å². The lowest BCUT2D eigenvalue weighted by Crippen LogP contribution is -2.53. The third-order valence-corrected chi connectivity index (χ3v) is 6.42. The minimum Gasteiger partial charge on any atom is -0.371 e. The van der Waals surface area contributed by atoms with Crippen molar-refractivity contribution >= 4 is 8.80 Å². The minimum atomic E-state index is -2.61. The topological polar surface area (TPSA) is 27.7 Å². The Balaban J connectivity index is 5.09. The van der Waals surface area contributed by atoms with Gasteiger partial charge < -0.3 is 13.3 Å². The minimum absolute atomic E-state index is 0.133. The molecule has 110 valence electrons. The highest BCUT2D eigenvalue weighted by Crippen LogP contribution is 2.32. The van der Waals surface area contributed by atoms with Crippen LogP contribution < -0.4 is 0 Å². The number of hydrogen-bond donors (Lipinski definition) is 0. The van der Waals surface area contributed by atoms with Gasteiger partial charge in [0, 0.05) is 23.9 Å².